The van der Waals surface area contributed by atoms with Gasteiger partial charge in [0.1, 0.15) is 11.1 Å². The first-order chi connectivity index (χ1) is 21.8. The Bertz CT molecular complexity index is 1860. The molecule has 45 heavy (non-hydrogen) atoms. The summed E-state index contributed by atoms with van der Waals surface area (Å²) < 4.78 is 7.94. The predicted molar refractivity (Wildman–Crippen MR) is 180 cm³/mol. The van der Waals surface area contributed by atoms with Crippen molar-refractivity contribution in [1.82, 2.24) is 14.5 Å². The Balaban J connectivity index is 1.29. The summed E-state index contributed by atoms with van der Waals surface area (Å²) in [5.41, 5.74) is 9.08. The molecule has 1 aliphatic heterocycles. The van der Waals surface area contributed by atoms with Gasteiger partial charge >= 0.3 is 6.09 Å². The first kappa shape index (κ1) is 28.6. The zero-order valence-corrected chi connectivity index (χ0v) is 26.0. The summed E-state index contributed by atoms with van der Waals surface area (Å²) in [6.45, 7) is 6.92. The number of fused-ring (bicyclic) bond motifs is 2. The number of ether oxygens (including phenoxy) is 1. The van der Waals surface area contributed by atoms with E-state index in [2.05, 4.69) is 132 Å². The molecule has 5 heteroatoms. The SMILES string of the molecule is CC(C)(C)OC(=O)N1CCc2cc(-c3ccc4c(c3)ncn4C(c3ccccc3)(c3ccccc3)c3ccccc3)ccc2C1. The Hall–Kier alpha value is -5.16. The highest BCUT2D eigenvalue weighted by atomic mass is 16.6. The smallest absolute Gasteiger partial charge is 0.410 e. The maximum atomic E-state index is 12.7. The van der Waals surface area contributed by atoms with Crippen molar-refractivity contribution in [2.45, 2.75) is 44.9 Å². The van der Waals surface area contributed by atoms with Crippen LogP contribution in [0.2, 0.25) is 0 Å². The Labute approximate surface area is 264 Å². The minimum atomic E-state index is -0.619. The first-order valence-corrected chi connectivity index (χ1v) is 15.6. The van der Waals surface area contributed by atoms with Crippen molar-refractivity contribution >= 4 is 17.1 Å². The van der Waals surface area contributed by atoms with E-state index in [1.54, 1.807) is 4.90 Å². The molecular weight excluding hydrogens is 554 g/mol. The molecule has 6 aromatic rings. The van der Waals surface area contributed by atoms with E-state index in [4.69, 9.17) is 9.72 Å². The largest absolute Gasteiger partial charge is 0.444 e. The number of hydrogen-bond acceptors (Lipinski definition) is 3. The second-order valence-electron chi connectivity index (χ2n) is 12.8. The van der Waals surface area contributed by atoms with Crippen LogP contribution in [0.4, 0.5) is 4.79 Å². The molecule has 1 aliphatic rings. The van der Waals surface area contributed by atoms with Crippen molar-refractivity contribution in [2.24, 2.45) is 0 Å². The highest BCUT2D eigenvalue weighted by Gasteiger charge is 2.39. The number of hydrogen-bond donors (Lipinski definition) is 0. The van der Waals surface area contributed by atoms with E-state index >= 15 is 0 Å². The van der Waals surface area contributed by atoms with Gasteiger partial charge in [0, 0.05) is 13.1 Å². The van der Waals surface area contributed by atoms with Gasteiger partial charge < -0.3 is 14.2 Å². The van der Waals surface area contributed by atoms with Crippen LogP contribution in [0.15, 0.2) is 134 Å². The highest BCUT2D eigenvalue weighted by molar-refractivity contribution is 5.83. The fraction of sp³-hybridized carbons (Fsp3) is 0.200. The molecule has 0 N–H and O–H groups in total. The van der Waals surface area contributed by atoms with E-state index in [0.717, 1.165) is 28.6 Å². The standard InChI is InChI=1S/C40H37N3O2/c1-39(2,3)45-38(44)42-24-23-31-25-29(19-20-32(31)27-42)30-21-22-37-36(26-30)41-28-43(37)40(33-13-7-4-8-14-33,34-15-9-5-10-16-34)35-17-11-6-12-18-35/h4-22,25-26,28H,23-24,27H2,1-3H3. The molecule has 2 heterocycles. The lowest BCUT2D eigenvalue weighted by Crippen LogP contribution is -2.39. The summed E-state index contributed by atoms with van der Waals surface area (Å²) in [5, 5.41) is 0. The van der Waals surface area contributed by atoms with Crippen molar-refractivity contribution in [1.29, 1.82) is 0 Å². The Morgan fingerprint density at radius 2 is 1.24 bits per heavy atom. The van der Waals surface area contributed by atoms with Gasteiger partial charge in [-0.2, -0.15) is 0 Å². The van der Waals surface area contributed by atoms with Crippen LogP contribution < -0.4 is 0 Å². The molecule has 0 radical (unpaired) electrons. The first-order valence-electron chi connectivity index (χ1n) is 15.6. The average molecular weight is 592 g/mol. The minimum Gasteiger partial charge on any atom is -0.444 e. The van der Waals surface area contributed by atoms with Gasteiger partial charge in [-0.05, 0) is 78.3 Å². The van der Waals surface area contributed by atoms with Crippen LogP contribution in [0.25, 0.3) is 22.2 Å². The molecule has 0 saturated heterocycles. The third kappa shape index (κ3) is 5.29. The van der Waals surface area contributed by atoms with Crippen LogP contribution >= 0.6 is 0 Å². The molecule has 224 valence electrons. The summed E-state index contributed by atoms with van der Waals surface area (Å²) in [4.78, 5) is 19.5. The number of imidazole rings is 1. The van der Waals surface area contributed by atoms with Gasteiger partial charge in [-0.1, -0.05) is 115 Å². The molecule has 0 unspecified atom stereocenters. The number of benzene rings is 5. The van der Waals surface area contributed by atoms with Crippen LogP contribution in [0.1, 0.15) is 48.6 Å². The molecule has 0 fully saturated rings. The van der Waals surface area contributed by atoms with Crippen LogP contribution in [-0.4, -0.2) is 32.7 Å². The van der Waals surface area contributed by atoms with E-state index in [1.807, 2.05) is 27.1 Å². The van der Waals surface area contributed by atoms with Gasteiger partial charge in [-0.15, -0.1) is 0 Å². The molecular formula is C40H37N3O2. The van der Waals surface area contributed by atoms with E-state index in [-0.39, 0.29) is 6.09 Å². The predicted octanol–water partition coefficient (Wildman–Crippen LogP) is 8.84. The highest BCUT2D eigenvalue weighted by Crippen LogP contribution is 2.43. The summed E-state index contributed by atoms with van der Waals surface area (Å²) in [7, 11) is 0. The van der Waals surface area contributed by atoms with Gasteiger partial charge in [0.05, 0.1) is 17.4 Å². The molecule has 1 amide bonds. The third-order valence-corrected chi connectivity index (χ3v) is 8.69. The van der Waals surface area contributed by atoms with E-state index in [0.29, 0.717) is 13.1 Å². The summed E-state index contributed by atoms with van der Waals surface area (Å²) in [5.74, 6) is 0. The van der Waals surface area contributed by atoms with Gasteiger partial charge in [0.2, 0.25) is 0 Å². The van der Waals surface area contributed by atoms with Crippen molar-refractivity contribution in [2.75, 3.05) is 6.54 Å². The maximum Gasteiger partial charge on any atom is 0.410 e. The second kappa shape index (κ2) is 11.4. The summed E-state index contributed by atoms with van der Waals surface area (Å²) in [6.07, 6.45) is 2.53. The molecule has 5 aromatic carbocycles. The van der Waals surface area contributed by atoms with Crippen molar-refractivity contribution in [3.63, 3.8) is 0 Å². The molecule has 5 nitrogen and oxygen atoms in total. The normalized spacial score (nSPS) is 13.4. The topological polar surface area (TPSA) is 47.4 Å². The fourth-order valence-corrected chi connectivity index (χ4v) is 6.63. The summed E-state index contributed by atoms with van der Waals surface area (Å²) >= 11 is 0. The van der Waals surface area contributed by atoms with Crippen molar-refractivity contribution < 1.29 is 9.53 Å². The molecule has 0 atom stereocenters. The van der Waals surface area contributed by atoms with Crippen molar-refractivity contribution in [3.05, 3.63) is 162 Å². The number of nitrogens with zero attached hydrogens (tertiary/aromatic N) is 3. The Kier molecular flexibility index (Phi) is 7.25. The summed E-state index contributed by atoms with van der Waals surface area (Å²) in [6, 6.07) is 45.2. The van der Waals surface area contributed by atoms with Crippen LogP contribution in [0, 0.1) is 0 Å². The van der Waals surface area contributed by atoms with E-state index in [1.165, 1.54) is 27.8 Å². The van der Waals surface area contributed by atoms with Gasteiger partial charge in [0.15, 0.2) is 0 Å². The molecule has 0 spiro atoms. The van der Waals surface area contributed by atoms with Gasteiger partial charge in [-0.3, -0.25) is 0 Å². The molecule has 1 aromatic heterocycles. The zero-order chi connectivity index (χ0) is 31.0. The van der Waals surface area contributed by atoms with Crippen molar-refractivity contribution in [3.8, 4) is 11.1 Å². The lowest BCUT2D eigenvalue weighted by molar-refractivity contribution is 0.0224. The van der Waals surface area contributed by atoms with E-state index in [9.17, 15) is 4.79 Å². The Morgan fingerprint density at radius 3 is 1.82 bits per heavy atom. The monoisotopic (exact) mass is 591 g/mol. The van der Waals surface area contributed by atoms with E-state index < -0.39 is 11.1 Å². The molecule has 0 bridgehead atoms. The molecule has 7 rings (SSSR count). The van der Waals surface area contributed by atoms with Crippen LogP contribution in [0.3, 0.4) is 0 Å². The zero-order valence-electron chi connectivity index (χ0n) is 26.0. The molecule has 0 aliphatic carbocycles. The van der Waals surface area contributed by atoms with Gasteiger partial charge in [0.25, 0.3) is 0 Å². The Morgan fingerprint density at radius 1 is 0.689 bits per heavy atom. The lowest BCUT2D eigenvalue weighted by Gasteiger charge is -2.38. The lowest BCUT2D eigenvalue weighted by atomic mass is 9.76. The number of amides is 1. The van der Waals surface area contributed by atoms with Gasteiger partial charge in [-0.25, -0.2) is 9.78 Å². The number of aromatic nitrogens is 2. The van der Waals surface area contributed by atoms with Crippen LogP contribution in [-0.2, 0) is 23.2 Å². The minimum absolute atomic E-state index is 0.254. The maximum absolute atomic E-state index is 12.7. The quantitative estimate of drug-likeness (QED) is 0.188. The molecule has 0 saturated carbocycles. The number of rotatable bonds is 5. The van der Waals surface area contributed by atoms with Crippen LogP contribution in [0.5, 0.6) is 0 Å². The average Bonchev–Trinajstić information content (AvgIpc) is 3.49. The fourth-order valence-electron chi connectivity index (χ4n) is 6.63. The second-order valence-corrected chi connectivity index (χ2v) is 12.8. The third-order valence-electron chi connectivity index (χ3n) is 8.69. The number of carbonyl (C=O) groups excluding carboxylic acids is 1. The number of carbonyl (C=O) groups is 1.